The Morgan fingerprint density at radius 3 is 2.24 bits per heavy atom. The van der Waals surface area contributed by atoms with E-state index < -0.39 is 11.6 Å². The van der Waals surface area contributed by atoms with Crippen molar-refractivity contribution in [2.24, 2.45) is 5.41 Å². The van der Waals surface area contributed by atoms with Crippen molar-refractivity contribution < 1.29 is 13.2 Å². The lowest BCUT2D eigenvalue weighted by atomic mass is 9.75. The van der Waals surface area contributed by atoms with E-state index in [4.69, 9.17) is 4.98 Å². The Hall–Kier alpha value is -2.92. The maximum absolute atomic E-state index is 13.5. The van der Waals surface area contributed by atoms with Gasteiger partial charge >= 0.3 is 6.18 Å². The third-order valence-corrected chi connectivity index (χ3v) is 9.39. The monoisotopic (exact) mass is 519 g/mol. The van der Waals surface area contributed by atoms with Crippen LogP contribution in [0.15, 0.2) is 66.9 Å². The summed E-state index contributed by atoms with van der Waals surface area (Å²) in [6, 6.07) is 20.8. The number of halogens is 3. The molecule has 5 rings (SSSR count). The van der Waals surface area contributed by atoms with Gasteiger partial charge < -0.3 is 0 Å². The summed E-state index contributed by atoms with van der Waals surface area (Å²) >= 11 is 1.62. The number of rotatable bonds is 6. The summed E-state index contributed by atoms with van der Waals surface area (Å²) in [7, 11) is 0. The molecular formula is C32H32F3NS. The number of hydrogen-bond donors (Lipinski definition) is 0. The van der Waals surface area contributed by atoms with Crippen molar-refractivity contribution in [1.29, 1.82) is 0 Å². The molecule has 192 valence electrons. The molecule has 0 saturated heterocycles. The first-order valence-electron chi connectivity index (χ1n) is 12.9. The second-order valence-electron chi connectivity index (χ2n) is 11.0. The molecule has 0 aliphatic carbocycles. The topological polar surface area (TPSA) is 12.9 Å². The molecule has 0 unspecified atom stereocenters. The molecular weight excluding hydrogens is 487 g/mol. The van der Waals surface area contributed by atoms with Crippen molar-refractivity contribution in [1.82, 2.24) is 4.98 Å². The van der Waals surface area contributed by atoms with Crippen molar-refractivity contribution in [2.75, 3.05) is 0 Å². The molecule has 5 aromatic rings. The highest BCUT2D eigenvalue weighted by Gasteiger charge is 2.47. The molecule has 2 aromatic heterocycles. The van der Waals surface area contributed by atoms with Gasteiger partial charge in [-0.2, -0.15) is 13.2 Å². The van der Waals surface area contributed by atoms with Crippen molar-refractivity contribution in [3.8, 4) is 11.3 Å². The molecule has 0 bridgehead atoms. The van der Waals surface area contributed by atoms with Gasteiger partial charge in [0.2, 0.25) is 0 Å². The van der Waals surface area contributed by atoms with Crippen molar-refractivity contribution in [3.05, 3.63) is 78.0 Å². The molecule has 0 fully saturated rings. The van der Waals surface area contributed by atoms with Gasteiger partial charge in [-0.3, -0.25) is 4.98 Å². The van der Waals surface area contributed by atoms with Gasteiger partial charge in [0.25, 0.3) is 0 Å². The lowest BCUT2D eigenvalue weighted by Crippen LogP contribution is -2.34. The molecule has 5 heteroatoms. The summed E-state index contributed by atoms with van der Waals surface area (Å²) in [6.07, 6.45) is -0.383. The van der Waals surface area contributed by atoms with E-state index in [1.807, 2.05) is 30.5 Å². The number of pyridine rings is 1. The third kappa shape index (κ3) is 4.41. The predicted molar refractivity (Wildman–Crippen MR) is 152 cm³/mol. The quantitative estimate of drug-likeness (QED) is 0.217. The minimum atomic E-state index is -4.25. The summed E-state index contributed by atoms with van der Waals surface area (Å²) < 4.78 is 42.6. The summed E-state index contributed by atoms with van der Waals surface area (Å²) in [4.78, 5) is 4.83. The smallest absolute Gasteiger partial charge is 0.255 e. The average molecular weight is 520 g/mol. The first-order chi connectivity index (χ1) is 17.5. The first-order valence-corrected chi connectivity index (χ1v) is 13.7. The Kier molecular flexibility index (Phi) is 6.34. The Balaban J connectivity index is 1.69. The standard InChI is InChI=1S/C32H32F3NS/c1-6-31(5,7-2)26-18-22(17-21-10-8-9-11-23(21)26)28-29-25(14-15-36-28)24-13-12-20(16-27(24)37-29)19-30(3,4)32(33,34)35/h8-18H,6-7,19H2,1-5H3. The maximum Gasteiger partial charge on any atom is 0.394 e. The number of thiophene rings is 1. The van der Waals surface area contributed by atoms with Gasteiger partial charge in [-0.1, -0.05) is 71.0 Å². The van der Waals surface area contributed by atoms with Crippen LogP contribution in [0.1, 0.15) is 58.6 Å². The molecule has 0 saturated carbocycles. The zero-order valence-corrected chi connectivity index (χ0v) is 22.8. The Morgan fingerprint density at radius 1 is 0.811 bits per heavy atom. The number of benzene rings is 3. The van der Waals surface area contributed by atoms with Gasteiger partial charge in [-0.15, -0.1) is 11.3 Å². The molecule has 2 heterocycles. The predicted octanol–water partition coefficient (Wildman–Crippen LogP) is 10.5. The first kappa shape index (κ1) is 25.7. The van der Waals surface area contributed by atoms with Crippen LogP contribution >= 0.6 is 11.3 Å². The largest absolute Gasteiger partial charge is 0.394 e. The molecule has 0 aliphatic rings. The summed E-state index contributed by atoms with van der Waals surface area (Å²) in [5.41, 5.74) is 2.31. The number of nitrogens with zero attached hydrogens (tertiary/aromatic N) is 1. The van der Waals surface area contributed by atoms with E-state index in [2.05, 4.69) is 57.2 Å². The fraction of sp³-hybridized carbons (Fsp3) is 0.344. The van der Waals surface area contributed by atoms with Gasteiger partial charge in [0.15, 0.2) is 0 Å². The van der Waals surface area contributed by atoms with Gasteiger partial charge in [0, 0.05) is 27.2 Å². The number of aromatic nitrogens is 1. The fourth-order valence-corrected chi connectivity index (χ4v) is 6.52. The zero-order valence-electron chi connectivity index (χ0n) is 22.0. The molecule has 0 amide bonds. The highest BCUT2D eigenvalue weighted by atomic mass is 32.1. The van der Waals surface area contributed by atoms with Gasteiger partial charge in [0.05, 0.1) is 15.8 Å². The van der Waals surface area contributed by atoms with E-state index >= 15 is 0 Å². The molecule has 0 aliphatic heterocycles. The van der Waals surface area contributed by atoms with E-state index in [9.17, 15) is 13.2 Å². The van der Waals surface area contributed by atoms with Crippen LogP contribution in [-0.4, -0.2) is 11.2 Å². The molecule has 0 radical (unpaired) electrons. The Morgan fingerprint density at radius 2 is 1.54 bits per heavy atom. The fourth-order valence-electron chi connectivity index (χ4n) is 5.25. The Labute approximate surface area is 220 Å². The highest BCUT2D eigenvalue weighted by Crippen LogP contribution is 2.44. The molecule has 0 atom stereocenters. The van der Waals surface area contributed by atoms with Gasteiger partial charge in [-0.05, 0) is 70.8 Å². The van der Waals surface area contributed by atoms with Crippen molar-refractivity contribution >= 4 is 42.3 Å². The van der Waals surface area contributed by atoms with Crippen molar-refractivity contribution in [3.63, 3.8) is 0 Å². The van der Waals surface area contributed by atoms with E-state index in [0.717, 1.165) is 44.3 Å². The maximum atomic E-state index is 13.5. The van der Waals surface area contributed by atoms with Crippen LogP contribution in [0.25, 0.3) is 42.2 Å². The summed E-state index contributed by atoms with van der Waals surface area (Å²) in [6.45, 7) is 9.35. The number of fused-ring (bicyclic) bond motifs is 4. The van der Waals surface area contributed by atoms with Crippen LogP contribution < -0.4 is 0 Å². The van der Waals surface area contributed by atoms with Crippen LogP contribution in [0.4, 0.5) is 13.2 Å². The lowest BCUT2D eigenvalue weighted by molar-refractivity contribution is -0.211. The number of hydrogen-bond acceptors (Lipinski definition) is 2. The van der Waals surface area contributed by atoms with E-state index in [1.165, 1.54) is 30.2 Å². The molecule has 0 spiro atoms. The third-order valence-electron chi connectivity index (χ3n) is 8.21. The van der Waals surface area contributed by atoms with Crippen LogP contribution in [-0.2, 0) is 11.8 Å². The highest BCUT2D eigenvalue weighted by molar-refractivity contribution is 7.26. The second kappa shape index (κ2) is 9.13. The van der Waals surface area contributed by atoms with Crippen LogP contribution in [0.2, 0.25) is 0 Å². The minimum Gasteiger partial charge on any atom is -0.255 e. The summed E-state index contributed by atoms with van der Waals surface area (Å²) in [5.74, 6) is 0. The molecule has 0 N–H and O–H groups in total. The van der Waals surface area contributed by atoms with E-state index in [0.29, 0.717) is 5.56 Å². The average Bonchev–Trinajstić information content (AvgIpc) is 3.24. The molecule has 1 nitrogen and oxygen atoms in total. The lowest BCUT2D eigenvalue weighted by Gasteiger charge is -2.29. The van der Waals surface area contributed by atoms with E-state index in [-0.39, 0.29) is 11.8 Å². The zero-order chi connectivity index (χ0) is 26.6. The van der Waals surface area contributed by atoms with Gasteiger partial charge in [-0.25, -0.2) is 0 Å². The number of alkyl halides is 3. The van der Waals surface area contributed by atoms with Crippen LogP contribution in [0.3, 0.4) is 0 Å². The molecule has 3 aromatic carbocycles. The second-order valence-corrected chi connectivity index (χ2v) is 12.1. The van der Waals surface area contributed by atoms with Crippen LogP contribution in [0, 0.1) is 5.41 Å². The van der Waals surface area contributed by atoms with Crippen molar-refractivity contribution in [2.45, 2.75) is 65.5 Å². The van der Waals surface area contributed by atoms with Gasteiger partial charge in [0.1, 0.15) is 0 Å². The SMILES string of the molecule is CCC(C)(CC)c1cc(-c2nccc3c2sc2cc(CC(C)(C)C(F)(F)F)ccc23)cc2ccccc12. The van der Waals surface area contributed by atoms with Crippen LogP contribution in [0.5, 0.6) is 0 Å². The normalized spacial score (nSPS) is 13.2. The Bertz CT molecular complexity index is 1610. The summed E-state index contributed by atoms with van der Waals surface area (Å²) in [5, 5.41) is 4.62. The van der Waals surface area contributed by atoms with E-state index in [1.54, 1.807) is 11.3 Å². The minimum absolute atomic E-state index is 0.0455. The molecule has 37 heavy (non-hydrogen) atoms.